The third kappa shape index (κ3) is 3.15. The molecule has 3 aromatic rings. The van der Waals surface area contributed by atoms with Crippen LogP contribution in [0.3, 0.4) is 0 Å². The SMILES string of the molecule is COc1ncc(-c2nc(Cl)nc3c(Br)csc23)cc1NC(C)=O. The smallest absolute Gasteiger partial charge is 0.237 e. The quantitative estimate of drug-likeness (QED) is 0.653. The number of methoxy groups -OCH3 is 1. The Balaban J connectivity index is 2.20. The lowest BCUT2D eigenvalue weighted by Gasteiger charge is -2.10. The van der Waals surface area contributed by atoms with E-state index in [4.69, 9.17) is 16.3 Å². The molecule has 0 saturated heterocycles. The van der Waals surface area contributed by atoms with Crippen LogP contribution in [0.1, 0.15) is 6.92 Å². The molecule has 1 N–H and O–H groups in total. The molecule has 0 unspecified atom stereocenters. The van der Waals surface area contributed by atoms with E-state index in [0.29, 0.717) is 22.8 Å². The minimum Gasteiger partial charge on any atom is -0.480 e. The molecule has 9 heteroatoms. The van der Waals surface area contributed by atoms with Crippen molar-refractivity contribution < 1.29 is 9.53 Å². The number of carbonyl (C=O) groups is 1. The lowest BCUT2D eigenvalue weighted by Crippen LogP contribution is -2.08. The summed E-state index contributed by atoms with van der Waals surface area (Å²) in [6.45, 7) is 1.42. The van der Waals surface area contributed by atoms with E-state index in [2.05, 4.69) is 36.2 Å². The monoisotopic (exact) mass is 412 g/mol. The van der Waals surface area contributed by atoms with Gasteiger partial charge in [-0.3, -0.25) is 4.79 Å². The number of hydrogen-bond donors (Lipinski definition) is 1. The van der Waals surface area contributed by atoms with Gasteiger partial charge in [-0.1, -0.05) is 0 Å². The molecule has 3 rings (SSSR count). The van der Waals surface area contributed by atoms with Gasteiger partial charge >= 0.3 is 0 Å². The van der Waals surface area contributed by atoms with Crippen LogP contribution < -0.4 is 10.1 Å². The summed E-state index contributed by atoms with van der Waals surface area (Å²) in [6.07, 6.45) is 1.62. The normalized spacial score (nSPS) is 10.8. The molecule has 0 aromatic carbocycles. The first kappa shape index (κ1) is 16.1. The summed E-state index contributed by atoms with van der Waals surface area (Å²) < 4.78 is 6.89. The van der Waals surface area contributed by atoms with Crippen molar-refractivity contribution in [2.75, 3.05) is 12.4 Å². The Morgan fingerprint density at radius 1 is 1.43 bits per heavy atom. The van der Waals surface area contributed by atoms with Gasteiger partial charge in [-0.2, -0.15) is 0 Å². The van der Waals surface area contributed by atoms with E-state index in [9.17, 15) is 4.79 Å². The van der Waals surface area contributed by atoms with Gasteiger partial charge < -0.3 is 10.1 Å². The molecule has 0 atom stereocenters. The predicted octanol–water partition coefficient (Wildman–Crippen LogP) is 4.14. The number of nitrogens with zero attached hydrogens (tertiary/aromatic N) is 3. The van der Waals surface area contributed by atoms with Crippen molar-refractivity contribution in [2.24, 2.45) is 0 Å². The second-order valence-electron chi connectivity index (χ2n) is 4.56. The van der Waals surface area contributed by atoms with Gasteiger partial charge in [0.2, 0.25) is 17.1 Å². The molecule has 0 saturated carbocycles. The number of rotatable bonds is 3. The summed E-state index contributed by atoms with van der Waals surface area (Å²) in [5, 5.41) is 4.76. The van der Waals surface area contributed by atoms with E-state index in [1.807, 2.05) is 5.38 Å². The molecule has 6 nitrogen and oxygen atoms in total. The number of carbonyl (C=O) groups excluding carboxylic acids is 1. The Morgan fingerprint density at radius 3 is 2.91 bits per heavy atom. The number of pyridine rings is 1. The minimum atomic E-state index is -0.216. The van der Waals surface area contributed by atoms with Crippen molar-refractivity contribution >= 4 is 60.7 Å². The summed E-state index contributed by atoms with van der Waals surface area (Å²) in [4.78, 5) is 24.1. The van der Waals surface area contributed by atoms with Gasteiger partial charge in [0.25, 0.3) is 0 Å². The number of nitrogens with one attached hydrogen (secondary N) is 1. The molecule has 0 fully saturated rings. The fourth-order valence-electron chi connectivity index (χ4n) is 2.08. The number of amides is 1. The number of thiophene rings is 1. The molecule has 0 aliphatic carbocycles. The van der Waals surface area contributed by atoms with Gasteiger partial charge in [0.1, 0.15) is 11.2 Å². The highest BCUT2D eigenvalue weighted by atomic mass is 79.9. The molecule has 3 heterocycles. The first-order valence-electron chi connectivity index (χ1n) is 6.42. The number of fused-ring (bicyclic) bond motifs is 1. The van der Waals surface area contributed by atoms with E-state index in [0.717, 1.165) is 14.7 Å². The zero-order chi connectivity index (χ0) is 16.6. The summed E-state index contributed by atoms with van der Waals surface area (Å²) >= 11 is 11.0. The van der Waals surface area contributed by atoms with Crippen LogP contribution in [0.25, 0.3) is 21.5 Å². The highest BCUT2D eigenvalue weighted by Gasteiger charge is 2.16. The third-order valence-corrected chi connectivity index (χ3v) is 5.03. The molecule has 23 heavy (non-hydrogen) atoms. The van der Waals surface area contributed by atoms with Crippen LogP contribution >= 0.6 is 38.9 Å². The maximum Gasteiger partial charge on any atom is 0.237 e. The lowest BCUT2D eigenvalue weighted by atomic mass is 10.2. The van der Waals surface area contributed by atoms with Crippen molar-refractivity contribution in [3.8, 4) is 17.1 Å². The van der Waals surface area contributed by atoms with Crippen molar-refractivity contribution in [3.05, 3.63) is 27.4 Å². The lowest BCUT2D eigenvalue weighted by molar-refractivity contribution is -0.114. The number of anilines is 1. The molecule has 0 bridgehead atoms. The van der Waals surface area contributed by atoms with Crippen molar-refractivity contribution in [1.29, 1.82) is 0 Å². The number of hydrogen-bond acceptors (Lipinski definition) is 6. The molecular formula is C14H10BrClN4O2S. The predicted molar refractivity (Wildman–Crippen MR) is 94.2 cm³/mol. The molecule has 0 aliphatic rings. The first-order valence-corrected chi connectivity index (χ1v) is 8.47. The Morgan fingerprint density at radius 2 is 2.22 bits per heavy atom. The number of halogens is 2. The zero-order valence-corrected chi connectivity index (χ0v) is 15.2. The van der Waals surface area contributed by atoms with Gasteiger partial charge in [0.05, 0.1) is 22.0 Å². The topological polar surface area (TPSA) is 77.0 Å². The molecule has 3 aromatic heterocycles. The Hall–Kier alpha value is -1.77. The van der Waals surface area contributed by atoms with Crippen LogP contribution in [0.15, 0.2) is 22.1 Å². The minimum absolute atomic E-state index is 0.142. The maximum atomic E-state index is 11.4. The molecular weight excluding hydrogens is 404 g/mol. The van der Waals surface area contributed by atoms with Gasteiger partial charge in [0, 0.05) is 24.1 Å². The summed E-state index contributed by atoms with van der Waals surface area (Å²) in [5.74, 6) is 0.111. The van der Waals surface area contributed by atoms with Gasteiger partial charge in [-0.25, -0.2) is 15.0 Å². The summed E-state index contributed by atoms with van der Waals surface area (Å²) in [6, 6.07) is 1.75. The highest BCUT2D eigenvalue weighted by molar-refractivity contribution is 9.10. The Bertz CT molecular complexity index is 915. The van der Waals surface area contributed by atoms with Crippen LogP contribution in [0.5, 0.6) is 5.88 Å². The van der Waals surface area contributed by atoms with Crippen molar-refractivity contribution in [2.45, 2.75) is 6.92 Å². The second kappa shape index (κ2) is 6.38. The van der Waals surface area contributed by atoms with Crippen molar-refractivity contribution in [3.63, 3.8) is 0 Å². The van der Waals surface area contributed by atoms with Gasteiger partial charge in [-0.05, 0) is 33.6 Å². The average Bonchev–Trinajstić information content (AvgIpc) is 2.87. The highest BCUT2D eigenvalue weighted by Crippen LogP contribution is 2.37. The molecule has 118 valence electrons. The number of aromatic nitrogens is 3. The molecule has 0 aliphatic heterocycles. The van der Waals surface area contributed by atoms with Crippen LogP contribution in [-0.4, -0.2) is 28.0 Å². The van der Waals surface area contributed by atoms with Crippen LogP contribution in [-0.2, 0) is 4.79 Å². The second-order valence-corrected chi connectivity index (χ2v) is 6.64. The zero-order valence-electron chi connectivity index (χ0n) is 12.1. The van der Waals surface area contributed by atoms with Crippen LogP contribution in [0.2, 0.25) is 5.28 Å². The Labute approximate surface area is 149 Å². The fraction of sp³-hybridized carbons (Fsp3) is 0.143. The largest absolute Gasteiger partial charge is 0.480 e. The van der Waals surface area contributed by atoms with E-state index >= 15 is 0 Å². The molecule has 0 radical (unpaired) electrons. The maximum absolute atomic E-state index is 11.4. The van der Waals surface area contributed by atoms with E-state index in [1.165, 1.54) is 25.4 Å². The van der Waals surface area contributed by atoms with E-state index in [-0.39, 0.29) is 11.2 Å². The first-order chi connectivity index (χ1) is 11.0. The molecule has 0 spiro atoms. The third-order valence-electron chi connectivity index (χ3n) is 2.97. The van der Waals surface area contributed by atoms with Crippen LogP contribution in [0.4, 0.5) is 5.69 Å². The fourth-order valence-corrected chi connectivity index (χ4v) is 3.83. The number of ether oxygens (including phenoxy) is 1. The Kier molecular flexibility index (Phi) is 4.47. The summed E-state index contributed by atoms with van der Waals surface area (Å²) in [7, 11) is 1.49. The van der Waals surface area contributed by atoms with Gasteiger partial charge in [0.15, 0.2) is 0 Å². The van der Waals surface area contributed by atoms with Crippen molar-refractivity contribution in [1.82, 2.24) is 15.0 Å². The summed E-state index contributed by atoms with van der Waals surface area (Å²) in [5.41, 5.74) is 2.56. The van der Waals surface area contributed by atoms with E-state index < -0.39 is 0 Å². The van der Waals surface area contributed by atoms with E-state index in [1.54, 1.807) is 12.3 Å². The average molecular weight is 414 g/mol. The van der Waals surface area contributed by atoms with Crippen LogP contribution in [0, 0.1) is 0 Å². The molecule has 1 amide bonds. The standard InChI is InChI=1S/C14H10BrClN4O2S/c1-6(21)18-9-3-7(4-17-13(9)22-2)10-12-11(8(15)5-23-12)20-14(16)19-10/h3-5H,1-2H3,(H,18,21). The van der Waals surface area contributed by atoms with Gasteiger partial charge in [-0.15, -0.1) is 11.3 Å².